The molecular formula is C24H19BrCl3N3O4. The lowest BCUT2D eigenvalue weighted by Crippen LogP contribution is -2.32. The Morgan fingerprint density at radius 3 is 2.37 bits per heavy atom. The van der Waals surface area contributed by atoms with Crippen LogP contribution in [0.15, 0.2) is 64.2 Å². The summed E-state index contributed by atoms with van der Waals surface area (Å²) < 4.78 is 12.2. The van der Waals surface area contributed by atoms with E-state index in [1.807, 2.05) is 6.92 Å². The van der Waals surface area contributed by atoms with E-state index in [1.54, 1.807) is 54.6 Å². The van der Waals surface area contributed by atoms with Crippen molar-refractivity contribution in [2.75, 3.05) is 11.9 Å². The third-order valence-electron chi connectivity index (χ3n) is 4.41. The molecule has 0 aromatic heterocycles. The SMILES string of the molecule is CCOc1cc(C=NNC(=O)C(=O)Nc2ccc(Cl)cc2)cc(Br)c1OCc1ccc(Cl)cc1Cl. The molecule has 0 fully saturated rings. The van der Waals surface area contributed by atoms with Gasteiger partial charge in [0.1, 0.15) is 6.61 Å². The van der Waals surface area contributed by atoms with Crippen LogP contribution in [0.1, 0.15) is 18.1 Å². The molecule has 0 spiro atoms. The summed E-state index contributed by atoms with van der Waals surface area (Å²) >= 11 is 21.5. The Balaban J connectivity index is 1.66. The molecule has 2 amide bonds. The highest BCUT2D eigenvalue weighted by atomic mass is 79.9. The highest BCUT2D eigenvalue weighted by Gasteiger charge is 2.15. The minimum Gasteiger partial charge on any atom is -0.490 e. The second-order valence-electron chi connectivity index (χ2n) is 6.95. The molecule has 3 rings (SSSR count). The lowest BCUT2D eigenvalue weighted by Gasteiger charge is -2.15. The van der Waals surface area contributed by atoms with Crippen LogP contribution < -0.4 is 20.2 Å². The second kappa shape index (κ2) is 12.8. The molecule has 35 heavy (non-hydrogen) atoms. The predicted molar refractivity (Wildman–Crippen MR) is 142 cm³/mol. The van der Waals surface area contributed by atoms with E-state index in [4.69, 9.17) is 44.3 Å². The van der Waals surface area contributed by atoms with Crippen molar-refractivity contribution < 1.29 is 19.1 Å². The van der Waals surface area contributed by atoms with Crippen molar-refractivity contribution in [1.82, 2.24) is 5.43 Å². The van der Waals surface area contributed by atoms with Gasteiger partial charge in [0, 0.05) is 26.3 Å². The summed E-state index contributed by atoms with van der Waals surface area (Å²) in [6.07, 6.45) is 1.38. The van der Waals surface area contributed by atoms with Gasteiger partial charge in [-0.15, -0.1) is 0 Å². The third-order valence-corrected chi connectivity index (χ3v) is 5.83. The van der Waals surface area contributed by atoms with E-state index in [0.717, 1.165) is 5.56 Å². The lowest BCUT2D eigenvalue weighted by atomic mass is 10.2. The van der Waals surface area contributed by atoms with Crippen LogP contribution in [0.2, 0.25) is 15.1 Å². The van der Waals surface area contributed by atoms with Crippen LogP contribution in [0.3, 0.4) is 0 Å². The van der Waals surface area contributed by atoms with Crippen molar-refractivity contribution in [3.63, 3.8) is 0 Å². The zero-order chi connectivity index (χ0) is 25.4. The summed E-state index contributed by atoms with van der Waals surface area (Å²) in [5, 5.41) is 7.84. The molecule has 3 aromatic carbocycles. The number of halogens is 4. The fraction of sp³-hybridized carbons (Fsp3) is 0.125. The number of hydrogen-bond acceptors (Lipinski definition) is 5. The molecule has 182 valence electrons. The molecule has 0 aliphatic heterocycles. The summed E-state index contributed by atoms with van der Waals surface area (Å²) in [6.45, 7) is 2.43. The number of carbonyl (C=O) groups excluding carboxylic acids is 2. The number of anilines is 1. The summed E-state index contributed by atoms with van der Waals surface area (Å²) in [5.41, 5.74) is 3.97. The molecule has 3 aromatic rings. The zero-order valence-corrected chi connectivity index (χ0v) is 22.1. The molecule has 0 saturated carbocycles. The van der Waals surface area contributed by atoms with E-state index in [0.29, 0.717) is 48.9 Å². The number of hydrogen-bond donors (Lipinski definition) is 2. The van der Waals surface area contributed by atoms with Crippen LogP contribution in [0.5, 0.6) is 11.5 Å². The fourth-order valence-electron chi connectivity index (χ4n) is 2.79. The average Bonchev–Trinajstić information content (AvgIpc) is 2.81. The summed E-state index contributed by atoms with van der Waals surface area (Å²) in [5.74, 6) is -0.869. The zero-order valence-electron chi connectivity index (χ0n) is 18.3. The molecule has 0 atom stereocenters. The van der Waals surface area contributed by atoms with Crippen molar-refractivity contribution in [1.29, 1.82) is 0 Å². The van der Waals surface area contributed by atoms with Crippen LogP contribution in [0.25, 0.3) is 0 Å². The van der Waals surface area contributed by atoms with Gasteiger partial charge < -0.3 is 14.8 Å². The molecule has 0 aliphatic rings. The second-order valence-corrected chi connectivity index (χ2v) is 9.08. The fourth-order valence-corrected chi connectivity index (χ4v) is 3.95. The van der Waals surface area contributed by atoms with E-state index in [-0.39, 0.29) is 6.61 Å². The first kappa shape index (κ1) is 26.8. The Bertz CT molecular complexity index is 1250. The molecule has 2 N–H and O–H groups in total. The number of hydrazone groups is 1. The number of benzene rings is 3. The molecule has 0 unspecified atom stereocenters. The summed E-state index contributed by atoms with van der Waals surface area (Å²) in [7, 11) is 0. The monoisotopic (exact) mass is 597 g/mol. The number of nitrogens with one attached hydrogen (secondary N) is 2. The van der Waals surface area contributed by atoms with Gasteiger partial charge in [0.25, 0.3) is 0 Å². The van der Waals surface area contributed by atoms with Gasteiger partial charge >= 0.3 is 11.8 Å². The van der Waals surface area contributed by atoms with Crippen LogP contribution in [0, 0.1) is 0 Å². The van der Waals surface area contributed by atoms with Crippen molar-refractivity contribution in [3.8, 4) is 11.5 Å². The Morgan fingerprint density at radius 1 is 0.971 bits per heavy atom. The van der Waals surface area contributed by atoms with E-state index in [1.165, 1.54) is 6.21 Å². The van der Waals surface area contributed by atoms with Gasteiger partial charge in [-0.05, 0) is 76.9 Å². The Labute approximate surface area is 225 Å². The topological polar surface area (TPSA) is 89.0 Å². The van der Waals surface area contributed by atoms with Crippen LogP contribution >= 0.6 is 50.7 Å². The molecule has 0 bridgehead atoms. The largest absolute Gasteiger partial charge is 0.490 e. The number of ether oxygens (including phenoxy) is 2. The molecule has 0 heterocycles. The maximum absolute atomic E-state index is 12.0. The first-order valence-electron chi connectivity index (χ1n) is 10.2. The van der Waals surface area contributed by atoms with Crippen molar-refractivity contribution in [3.05, 3.63) is 85.3 Å². The van der Waals surface area contributed by atoms with Gasteiger partial charge in [0.2, 0.25) is 0 Å². The van der Waals surface area contributed by atoms with Gasteiger partial charge in [-0.2, -0.15) is 5.10 Å². The van der Waals surface area contributed by atoms with Gasteiger partial charge in [-0.3, -0.25) is 9.59 Å². The van der Waals surface area contributed by atoms with Crippen LogP contribution in [0.4, 0.5) is 5.69 Å². The van der Waals surface area contributed by atoms with E-state index in [2.05, 4.69) is 31.8 Å². The molecule has 0 aliphatic carbocycles. The Morgan fingerprint density at radius 2 is 1.69 bits per heavy atom. The van der Waals surface area contributed by atoms with Gasteiger partial charge in [0.15, 0.2) is 11.5 Å². The number of rotatable bonds is 8. The van der Waals surface area contributed by atoms with E-state index < -0.39 is 11.8 Å². The Hall–Kier alpha value is -2.78. The number of amides is 2. The standard InChI is InChI=1S/C24H19BrCl3N3O4/c1-2-34-21-10-14(9-19(25)22(21)35-13-15-3-4-17(27)11-20(15)28)12-29-31-24(33)23(32)30-18-7-5-16(26)6-8-18/h3-12H,2,13H2,1H3,(H,30,32)(H,31,33). The summed E-state index contributed by atoms with van der Waals surface area (Å²) in [6, 6.07) is 14.9. The van der Waals surface area contributed by atoms with Gasteiger partial charge in [0.05, 0.1) is 17.3 Å². The van der Waals surface area contributed by atoms with Gasteiger partial charge in [-0.1, -0.05) is 40.9 Å². The molecule has 7 nitrogen and oxygen atoms in total. The van der Waals surface area contributed by atoms with Crippen molar-refractivity contribution >= 4 is 74.4 Å². The minimum atomic E-state index is -0.930. The Kier molecular flexibility index (Phi) is 9.80. The molecule has 0 saturated heterocycles. The van der Waals surface area contributed by atoms with E-state index >= 15 is 0 Å². The maximum atomic E-state index is 12.0. The quantitative estimate of drug-likeness (QED) is 0.176. The van der Waals surface area contributed by atoms with Crippen molar-refractivity contribution in [2.45, 2.75) is 13.5 Å². The van der Waals surface area contributed by atoms with Crippen LogP contribution in [-0.4, -0.2) is 24.6 Å². The molecular weight excluding hydrogens is 581 g/mol. The van der Waals surface area contributed by atoms with E-state index in [9.17, 15) is 9.59 Å². The van der Waals surface area contributed by atoms with Gasteiger partial charge in [-0.25, -0.2) is 5.43 Å². The lowest BCUT2D eigenvalue weighted by molar-refractivity contribution is -0.136. The number of carbonyl (C=O) groups is 2. The van der Waals surface area contributed by atoms with Crippen molar-refractivity contribution in [2.24, 2.45) is 5.10 Å². The molecule has 11 heteroatoms. The maximum Gasteiger partial charge on any atom is 0.329 e. The molecule has 0 radical (unpaired) electrons. The minimum absolute atomic E-state index is 0.195. The predicted octanol–water partition coefficient (Wildman–Crippen LogP) is 6.48. The highest BCUT2D eigenvalue weighted by Crippen LogP contribution is 2.37. The smallest absolute Gasteiger partial charge is 0.329 e. The summed E-state index contributed by atoms with van der Waals surface area (Å²) in [4.78, 5) is 24.0. The number of nitrogens with zero attached hydrogens (tertiary/aromatic N) is 1. The van der Waals surface area contributed by atoms with Crippen LogP contribution in [-0.2, 0) is 16.2 Å². The first-order valence-corrected chi connectivity index (χ1v) is 12.1. The first-order chi connectivity index (χ1) is 16.8. The third kappa shape index (κ3) is 7.86. The average molecular weight is 600 g/mol. The normalized spacial score (nSPS) is 10.8. The highest BCUT2D eigenvalue weighted by molar-refractivity contribution is 9.10.